The predicted octanol–water partition coefficient (Wildman–Crippen LogP) is 4.08. The van der Waals surface area contributed by atoms with Crippen LogP contribution in [0.2, 0.25) is 0 Å². The molecule has 1 fully saturated rings. The summed E-state index contributed by atoms with van der Waals surface area (Å²) in [6, 6.07) is 0. The molecule has 19 heavy (non-hydrogen) atoms. The van der Waals surface area contributed by atoms with Crippen molar-refractivity contribution in [1.82, 2.24) is 0 Å². The van der Waals surface area contributed by atoms with Gasteiger partial charge in [0.2, 0.25) is 0 Å². The summed E-state index contributed by atoms with van der Waals surface area (Å²) in [6.45, 7) is 4.04. The molecule has 0 N–H and O–H groups in total. The number of alkyl halides is 1. The highest BCUT2D eigenvalue weighted by Gasteiger charge is 2.34. The molecule has 0 aliphatic carbocycles. The summed E-state index contributed by atoms with van der Waals surface area (Å²) in [5, 5.41) is 1.11. The Balaban J connectivity index is 1.84. The molecule has 0 radical (unpaired) electrons. The zero-order chi connectivity index (χ0) is 14.0. The van der Waals surface area contributed by atoms with Crippen LogP contribution in [-0.4, -0.2) is 31.1 Å². The van der Waals surface area contributed by atoms with E-state index in [2.05, 4.69) is 22.9 Å². The van der Waals surface area contributed by atoms with Crippen LogP contribution in [0.4, 0.5) is 0 Å². The Kier molecular flexibility index (Phi) is 8.71. The number of ether oxygens (including phenoxy) is 2. The number of hydrogen-bond donors (Lipinski definition) is 0. The van der Waals surface area contributed by atoms with Gasteiger partial charge in [-0.3, -0.25) is 4.79 Å². The van der Waals surface area contributed by atoms with E-state index in [0.29, 0.717) is 26.2 Å². The van der Waals surface area contributed by atoms with E-state index in [1.54, 1.807) is 0 Å². The lowest BCUT2D eigenvalue weighted by molar-refractivity contribution is -0.165. The average Bonchev–Trinajstić information content (AvgIpc) is 2.37. The third-order valence-electron chi connectivity index (χ3n) is 3.50. The van der Waals surface area contributed by atoms with Gasteiger partial charge in [0.25, 0.3) is 0 Å². The Morgan fingerprint density at radius 3 is 2.21 bits per heavy atom. The second-order valence-electron chi connectivity index (χ2n) is 5.88. The van der Waals surface area contributed by atoms with Gasteiger partial charge in [-0.05, 0) is 12.8 Å². The second-order valence-corrected chi connectivity index (χ2v) is 6.67. The Morgan fingerprint density at radius 2 is 1.68 bits per heavy atom. The Bertz CT molecular complexity index is 252. The average molecular weight is 335 g/mol. The van der Waals surface area contributed by atoms with Gasteiger partial charge in [0.15, 0.2) is 0 Å². The van der Waals surface area contributed by atoms with Gasteiger partial charge in [-0.2, -0.15) is 0 Å². The van der Waals surface area contributed by atoms with Crippen molar-refractivity contribution in [1.29, 1.82) is 0 Å². The van der Waals surface area contributed by atoms with Gasteiger partial charge < -0.3 is 9.47 Å². The lowest BCUT2D eigenvalue weighted by Crippen LogP contribution is -2.44. The van der Waals surface area contributed by atoms with Crippen molar-refractivity contribution < 1.29 is 14.3 Å². The predicted molar refractivity (Wildman–Crippen MR) is 80.6 cm³/mol. The van der Waals surface area contributed by atoms with Crippen molar-refractivity contribution in [2.24, 2.45) is 5.41 Å². The summed E-state index contributed by atoms with van der Waals surface area (Å²) in [7, 11) is 0. The summed E-state index contributed by atoms with van der Waals surface area (Å²) in [4.78, 5) is 11.5. The van der Waals surface area contributed by atoms with E-state index in [9.17, 15) is 4.79 Å². The van der Waals surface area contributed by atoms with Crippen LogP contribution in [-0.2, 0) is 14.3 Å². The molecule has 0 unspecified atom stereocenters. The van der Waals surface area contributed by atoms with E-state index < -0.39 is 0 Å². The van der Waals surface area contributed by atoms with Crippen LogP contribution < -0.4 is 0 Å². The summed E-state index contributed by atoms with van der Waals surface area (Å²) in [5.41, 5.74) is 0.0745. The van der Waals surface area contributed by atoms with Gasteiger partial charge >= 0.3 is 5.97 Å². The smallest absolute Gasteiger partial charge is 0.305 e. The summed E-state index contributed by atoms with van der Waals surface area (Å²) >= 11 is 3.44. The molecular weight excluding hydrogens is 308 g/mol. The molecule has 0 aromatic carbocycles. The fourth-order valence-electron chi connectivity index (χ4n) is 2.11. The lowest BCUT2D eigenvalue weighted by Gasteiger charge is -2.37. The van der Waals surface area contributed by atoms with Crippen molar-refractivity contribution in [3.8, 4) is 0 Å². The van der Waals surface area contributed by atoms with Crippen LogP contribution in [0.3, 0.4) is 0 Å². The first-order chi connectivity index (χ1) is 9.16. The van der Waals surface area contributed by atoms with E-state index in [0.717, 1.165) is 18.2 Å². The Hall–Kier alpha value is -0.0900. The number of carbonyl (C=O) groups is 1. The molecule has 1 aliphatic heterocycles. The second kappa shape index (κ2) is 9.76. The fraction of sp³-hybridized carbons (Fsp3) is 0.933. The molecule has 0 atom stereocenters. The maximum absolute atomic E-state index is 11.5. The summed E-state index contributed by atoms with van der Waals surface area (Å²) in [6.07, 6.45) is 9.10. The van der Waals surface area contributed by atoms with Crippen LogP contribution in [0.15, 0.2) is 0 Å². The van der Waals surface area contributed by atoms with Crippen molar-refractivity contribution in [3.63, 3.8) is 0 Å². The topological polar surface area (TPSA) is 35.5 Å². The highest BCUT2D eigenvalue weighted by atomic mass is 79.9. The van der Waals surface area contributed by atoms with Gasteiger partial charge in [-0.1, -0.05) is 55.0 Å². The molecule has 0 amide bonds. The molecule has 0 aromatic rings. The molecule has 0 spiro atoms. The van der Waals surface area contributed by atoms with E-state index >= 15 is 0 Å². The summed E-state index contributed by atoms with van der Waals surface area (Å²) < 4.78 is 10.4. The Labute approximate surface area is 125 Å². The molecule has 4 heteroatoms. The van der Waals surface area contributed by atoms with E-state index in [1.165, 1.54) is 32.1 Å². The van der Waals surface area contributed by atoms with Crippen LogP contribution in [0, 0.1) is 5.41 Å². The van der Waals surface area contributed by atoms with Crippen LogP contribution in [0.25, 0.3) is 0 Å². The molecular formula is C15H27BrO3. The lowest BCUT2D eigenvalue weighted by atomic mass is 9.90. The number of esters is 1. The quantitative estimate of drug-likeness (QED) is 0.324. The third-order valence-corrected chi connectivity index (χ3v) is 4.06. The molecule has 0 bridgehead atoms. The standard InChI is InChI=1S/C15H27BrO3/c1-15(11-18-12-15)13-19-14(17)9-7-5-3-2-4-6-8-10-16/h2-13H2,1H3. The Morgan fingerprint density at radius 1 is 1.11 bits per heavy atom. The van der Waals surface area contributed by atoms with Gasteiger partial charge in [0.05, 0.1) is 13.2 Å². The number of unbranched alkanes of at least 4 members (excludes halogenated alkanes) is 6. The molecule has 1 saturated heterocycles. The number of rotatable bonds is 11. The molecule has 0 saturated carbocycles. The van der Waals surface area contributed by atoms with Gasteiger partial charge in [-0.15, -0.1) is 0 Å². The molecule has 1 heterocycles. The van der Waals surface area contributed by atoms with Gasteiger partial charge in [-0.25, -0.2) is 0 Å². The largest absolute Gasteiger partial charge is 0.465 e. The maximum atomic E-state index is 11.5. The van der Waals surface area contributed by atoms with E-state index in [4.69, 9.17) is 9.47 Å². The first-order valence-electron chi connectivity index (χ1n) is 7.46. The fourth-order valence-corrected chi connectivity index (χ4v) is 2.50. The molecule has 1 rings (SSSR count). The van der Waals surface area contributed by atoms with E-state index in [1.807, 2.05) is 0 Å². The minimum Gasteiger partial charge on any atom is -0.465 e. The molecule has 3 nitrogen and oxygen atoms in total. The van der Waals surface area contributed by atoms with Gasteiger partial charge in [0.1, 0.15) is 6.61 Å². The molecule has 112 valence electrons. The van der Waals surface area contributed by atoms with Crippen LogP contribution in [0.1, 0.15) is 58.3 Å². The number of carbonyl (C=O) groups excluding carboxylic acids is 1. The monoisotopic (exact) mass is 334 g/mol. The molecule has 1 aliphatic rings. The van der Waals surface area contributed by atoms with Crippen molar-refractivity contribution in [2.75, 3.05) is 25.2 Å². The van der Waals surface area contributed by atoms with Crippen molar-refractivity contribution in [3.05, 3.63) is 0 Å². The van der Waals surface area contributed by atoms with Crippen molar-refractivity contribution >= 4 is 21.9 Å². The maximum Gasteiger partial charge on any atom is 0.305 e. The summed E-state index contributed by atoms with van der Waals surface area (Å²) in [5.74, 6) is -0.0487. The zero-order valence-corrected chi connectivity index (χ0v) is 13.7. The van der Waals surface area contributed by atoms with Crippen LogP contribution >= 0.6 is 15.9 Å². The molecule has 0 aromatic heterocycles. The highest BCUT2D eigenvalue weighted by molar-refractivity contribution is 9.09. The third kappa shape index (κ3) is 7.93. The van der Waals surface area contributed by atoms with Gasteiger partial charge in [0, 0.05) is 17.2 Å². The zero-order valence-electron chi connectivity index (χ0n) is 12.1. The van der Waals surface area contributed by atoms with Crippen molar-refractivity contribution in [2.45, 2.75) is 58.3 Å². The van der Waals surface area contributed by atoms with Crippen LogP contribution in [0.5, 0.6) is 0 Å². The minimum absolute atomic E-state index is 0.0487. The first kappa shape index (κ1) is 17.0. The van der Waals surface area contributed by atoms with E-state index in [-0.39, 0.29) is 11.4 Å². The first-order valence-corrected chi connectivity index (χ1v) is 8.58. The minimum atomic E-state index is -0.0487. The number of halogens is 1. The SMILES string of the molecule is CC1(COC(=O)CCCCCCCCCBr)COC1. The normalized spacial score (nSPS) is 16.9. The number of hydrogen-bond acceptors (Lipinski definition) is 3. The highest BCUT2D eigenvalue weighted by Crippen LogP contribution is 2.26.